The lowest BCUT2D eigenvalue weighted by molar-refractivity contribution is -0.117. The van der Waals surface area contributed by atoms with Crippen LogP contribution >= 0.6 is 0 Å². The highest BCUT2D eigenvalue weighted by Crippen LogP contribution is 2.35. The molecule has 0 bridgehead atoms. The number of carbonyl (C=O) groups is 1. The predicted octanol–water partition coefficient (Wildman–Crippen LogP) is 4.68. The van der Waals surface area contributed by atoms with Gasteiger partial charge in [0.15, 0.2) is 0 Å². The van der Waals surface area contributed by atoms with Crippen LogP contribution in [0.5, 0.6) is 0 Å². The summed E-state index contributed by atoms with van der Waals surface area (Å²) in [6.07, 6.45) is 6.70. The molecule has 2 aromatic rings. The van der Waals surface area contributed by atoms with Gasteiger partial charge in [-0.2, -0.15) is 0 Å². The van der Waals surface area contributed by atoms with E-state index in [1.807, 2.05) is 18.2 Å². The van der Waals surface area contributed by atoms with Crippen LogP contribution in [-0.4, -0.2) is 30.4 Å². The lowest BCUT2D eigenvalue weighted by Gasteiger charge is -2.26. The van der Waals surface area contributed by atoms with Crippen molar-refractivity contribution in [3.05, 3.63) is 71.8 Å². The van der Waals surface area contributed by atoms with Crippen LogP contribution in [0.4, 0.5) is 5.69 Å². The number of rotatable bonds is 6. The molecule has 0 aromatic heterocycles. The van der Waals surface area contributed by atoms with Gasteiger partial charge in [0.2, 0.25) is 5.91 Å². The number of unbranched alkanes of at least 4 members (excludes halogenated alkanes) is 1. The van der Waals surface area contributed by atoms with Gasteiger partial charge in [0, 0.05) is 18.8 Å². The molecule has 0 saturated heterocycles. The normalized spacial score (nSPS) is 19.8. The monoisotopic (exact) mass is 346 g/mol. The van der Waals surface area contributed by atoms with E-state index in [-0.39, 0.29) is 11.8 Å². The van der Waals surface area contributed by atoms with Crippen molar-refractivity contribution in [1.82, 2.24) is 4.90 Å². The number of benzene rings is 2. The molecule has 2 aromatic carbocycles. The molecular formula is C23H26N2O. The van der Waals surface area contributed by atoms with Crippen LogP contribution in [0.2, 0.25) is 0 Å². The molecule has 0 fully saturated rings. The van der Waals surface area contributed by atoms with E-state index in [0.717, 1.165) is 51.0 Å². The van der Waals surface area contributed by atoms with Gasteiger partial charge in [-0.3, -0.25) is 9.69 Å². The van der Waals surface area contributed by atoms with Gasteiger partial charge in [-0.15, -0.1) is 0 Å². The Balaban J connectivity index is 1.23. The van der Waals surface area contributed by atoms with Crippen molar-refractivity contribution in [3.63, 3.8) is 0 Å². The summed E-state index contributed by atoms with van der Waals surface area (Å²) in [5.41, 5.74) is 5.00. The van der Waals surface area contributed by atoms with E-state index < -0.39 is 0 Å². The molecule has 0 saturated carbocycles. The van der Waals surface area contributed by atoms with Crippen molar-refractivity contribution in [2.24, 2.45) is 0 Å². The summed E-state index contributed by atoms with van der Waals surface area (Å²) in [6, 6.07) is 18.8. The average molecular weight is 346 g/mol. The first kappa shape index (κ1) is 17.0. The smallest absolute Gasteiger partial charge is 0.232 e. The van der Waals surface area contributed by atoms with E-state index in [1.165, 1.54) is 16.7 Å². The van der Waals surface area contributed by atoms with E-state index in [2.05, 4.69) is 52.7 Å². The molecule has 0 spiro atoms. The number of amides is 1. The molecular weight excluding hydrogens is 320 g/mol. The average Bonchev–Trinajstić information content (AvgIpc) is 3.01. The van der Waals surface area contributed by atoms with Gasteiger partial charge in [0.05, 0.1) is 5.92 Å². The lowest BCUT2D eigenvalue weighted by atomic mass is 9.94. The maximum absolute atomic E-state index is 12.2. The number of para-hydroxylation sites is 1. The van der Waals surface area contributed by atoms with E-state index in [1.54, 1.807) is 0 Å². The summed E-state index contributed by atoms with van der Waals surface area (Å²) in [5, 5.41) is 3.00. The molecule has 2 aliphatic heterocycles. The van der Waals surface area contributed by atoms with Crippen molar-refractivity contribution in [2.45, 2.75) is 31.6 Å². The summed E-state index contributed by atoms with van der Waals surface area (Å²) in [4.78, 5) is 14.7. The van der Waals surface area contributed by atoms with Crippen molar-refractivity contribution in [1.29, 1.82) is 0 Å². The number of anilines is 1. The van der Waals surface area contributed by atoms with E-state index in [4.69, 9.17) is 0 Å². The molecule has 3 nitrogen and oxygen atoms in total. The third-order valence-electron chi connectivity index (χ3n) is 5.57. The molecule has 1 unspecified atom stereocenters. The van der Waals surface area contributed by atoms with Gasteiger partial charge < -0.3 is 5.32 Å². The molecule has 0 aliphatic carbocycles. The van der Waals surface area contributed by atoms with Crippen molar-refractivity contribution < 1.29 is 4.79 Å². The zero-order valence-corrected chi connectivity index (χ0v) is 15.2. The molecule has 1 atom stereocenters. The number of hydrogen-bond donors (Lipinski definition) is 1. The number of carbonyl (C=O) groups excluding carboxylic acids is 1. The Morgan fingerprint density at radius 3 is 2.62 bits per heavy atom. The molecule has 26 heavy (non-hydrogen) atoms. The second kappa shape index (κ2) is 7.88. The third-order valence-corrected chi connectivity index (χ3v) is 5.57. The van der Waals surface area contributed by atoms with Gasteiger partial charge in [-0.25, -0.2) is 0 Å². The zero-order chi connectivity index (χ0) is 17.8. The van der Waals surface area contributed by atoms with Gasteiger partial charge in [-0.1, -0.05) is 61.0 Å². The first-order valence-electron chi connectivity index (χ1n) is 9.68. The molecule has 2 heterocycles. The zero-order valence-electron chi connectivity index (χ0n) is 15.2. The van der Waals surface area contributed by atoms with Crippen molar-refractivity contribution >= 4 is 17.2 Å². The SMILES string of the molecule is O=C1Nc2ccccc2C1CCCCN1CC=C(c2ccccc2)CC1. The Labute approximate surface area is 155 Å². The maximum atomic E-state index is 12.2. The molecule has 1 N–H and O–H groups in total. The highest BCUT2D eigenvalue weighted by atomic mass is 16.2. The second-order valence-electron chi connectivity index (χ2n) is 7.27. The van der Waals surface area contributed by atoms with E-state index in [0.29, 0.717) is 0 Å². The van der Waals surface area contributed by atoms with Gasteiger partial charge >= 0.3 is 0 Å². The number of fused-ring (bicyclic) bond motifs is 1. The first-order valence-corrected chi connectivity index (χ1v) is 9.68. The fraction of sp³-hybridized carbons (Fsp3) is 0.348. The van der Waals surface area contributed by atoms with Gasteiger partial charge in [0.1, 0.15) is 0 Å². The maximum Gasteiger partial charge on any atom is 0.232 e. The van der Waals surface area contributed by atoms with Crippen LogP contribution in [0.15, 0.2) is 60.7 Å². The van der Waals surface area contributed by atoms with Crippen LogP contribution in [-0.2, 0) is 4.79 Å². The van der Waals surface area contributed by atoms with Crippen LogP contribution in [0.3, 0.4) is 0 Å². The van der Waals surface area contributed by atoms with Crippen molar-refractivity contribution in [3.8, 4) is 0 Å². The minimum absolute atomic E-state index is 0.0390. The molecule has 134 valence electrons. The first-order chi connectivity index (χ1) is 12.8. The summed E-state index contributed by atoms with van der Waals surface area (Å²) in [6.45, 7) is 3.29. The quantitative estimate of drug-likeness (QED) is 0.770. The highest BCUT2D eigenvalue weighted by molar-refractivity contribution is 6.02. The number of nitrogens with one attached hydrogen (secondary N) is 1. The largest absolute Gasteiger partial charge is 0.325 e. The van der Waals surface area contributed by atoms with Crippen LogP contribution in [0, 0.1) is 0 Å². The molecule has 1 amide bonds. The standard InChI is InChI=1S/C23H26N2O/c26-23-21(20-10-4-5-12-22(20)24-23)11-6-7-15-25-16-13-19(14-17-25)18-8-2-1-3-9-18/h1-5,8-10,12-13,21H,6-7,11,14-17H2,(H,24,26). The summed E-state index contributed by atoms with van der Waals surface area (Å²) < 4.78 is 0. The van der Waals surface area contributed by atoms with Gasteiger partial charge in [-0.05, 0) is 48.6 Å². The molecule has 4 rings (SSSR count). The van der Waals surface area contributed by atoms with E-state index in [9.17, 15) is 4.79 Å². The molecule has 0 radical (unpaired) electrons. The Bertz CT molecular complexity index is 797. The minimum atomic E-state index is 0.0390. The van der Waals surface area contributed by atoms with Gasteiger partial charge in [0.25, 0.3) is 0 Å². The number of hydrogen-bond acceptors (Lipinski definition) is 2. The van der Waals surface area contributed by atoms with Crippen LogP contribution in [0.1, 0.15) is 42.7 Å². The Kier molecular flexibility index (Phi) is 5.16. The van der Waals surface area contributed by atoms with Crippen molar-refractivity contribution in [2.75, 3.05) is 25.0 Å². The summed E-state index contributed by atoms with van der Waals surface area (Å²) in [5.74, 6) is 0.205. The fourth-order valence-electron chi connectivity index (χ4n) is 4.07. The Hall–Kier alpha value is -2.39. The third kappa shape index (κ3) is 3.73. The highest BCUT2D eigenvalue weighted by Gasteiger charge is 2.29. The fourth-order valence-corrected chi connectivity index (χ4v) is 4.07. The summed E-state index contributed by atoms with van der Waals surface area (Å²) >= 11 is 0. The Morgan fingerprint density at radius 1 is 1.00 bits per heavy atom. The Morgan fingerprint density at radius 2 is 1.81 bits per heavy atom. The lowest BCUT2D eigenvalue weighted by Crippen LogP contribution is -2.29. The van der Waals surface area contributed by atoms with Crippen LogP contribution in [0.25, 0.3) is 5.57 Å². The second-order valence-corrected chi connectivity index (χ2v) is 7.27. The molecule has 2 aliphatic rings. The topological polar surface area (TPSA) is 32.3 Å². The van der Waals surface area contributed by atoms with Crippen LogP contribution < -0.4 is 5.32 Å². The molecule has 3 heteroatoms. The summed E-state index contributed by atoms with van der Waals surface area (Å²) in [7, 11) is 0. The number of nitrogens with zero attached hydrogens (tertiary/aromatic N) is 1. The van der Waals surface area contributed by atoms with E-state index >= 15 is 0 Å². The minimum Gasteiger partial charge on any atom is -0.325 e. The predicted molar refractivity (Wildman–Crippen MR) is 107 cm³/mol.